The molecule has 1 atom stereocenters. The van der Waals surface area contributed by atoms with Gasteiger partial charge >= 0.3 is 94.6 Å². The Bertz CT molecular complexity index is 2850. The van der Waals surface area contributed by atoms with Gasteiger partial charge in [0.2, 0.25) is 6.04 Å². The number of benzene rings is 5. The zero-order chi connectivity index (χ0) is 41.9. The van der Waals surface area contributed by atoms with Crippen molar-refractivity contribution in [2.75, 3.05) is 12.3 Å². The number of azo groups is 3. The van der Waals surface area contributed by atoms with Crippen LogP contribution in [-0.2, 0) is 44.7 Å². The Labute approximate surface area is 409 Å². The van der Waals surface area contributed by atoms with E-state index in [1.54, 1.807) is 43.3 Å². The van der Waals surface area contributed by atoms with Gasteiger partial charge in [-0.3, -0.25) is 9.35 Å². The second kappa shape index (κ2) is 21.6. The summed E-state index contributed by atoms with van der Waals surface area (Å²) in [6.07, 6.45) is 0. The van der Waals surface area contributed by atoms with Gasteiger partial charge in [0.25, 0.3) is 10.1 Å². The van der Waals surface area contributed by atoms with Gasteiger partial charge in [0.1, 0.15) is 30.8 Å². The number of anilines is 1. The molecule has 0 amide bonds. The third kappa shape index (κ3) is 12.8. The fraction of sp³-hybridized carbons (Fsp3) is 0.118. The molecule has 20 nitrogen and oxygen atoms in total. The van der Waals surface area contributed by atoms with E-state index in [9.17, 15) is 53.6 Å². The Morgan fingerprint density at radius 1 is 0.700 bits per heavy atom. The molecule has 0 saturated heterocycles. The Morgan fingerprint density at radius 2 is 1.15 bits per heavy atom. The van der Waals surface area contributed by atoms with Crippen molar-refractivity contribution in [2.24, 2.45) is 30.7 Å². The first kappa shape index (κ1) is 52.8. The predicted octanol–water partition coefficient (Wildman–Crippen LogP) is -3.34. The van der Waals surface area contributed by atoms with Crippen LogP contribution in [-0.4, -0.2) is 63.3 Å². The van der Waals surface area contributed by atoms with Gasteiger partial charge in [-0.15, -0.1) is 10.2 Å². The molecule has 0 spiro atoms. The van der Waals surface area contributed by atoms with Gasteiger partial charge in [-0.05, 0) is 91.0 Å². The third-order valence-corrected chi connectivity index (χ3v) is 10.3. The average Bonchev–Trinajstić information content (AvgIpc) is 3.13. The van der Waals surface area contributed by atoms with E-state index in [0.29, 0.717) is 28.9 Å². The number of hydrogen-bond donors (Lipinski definition) is 2. The standard InChI is InChI=1S/C34H29N7O13S3.3Na/c1-3-54-34(44)30(18(2)42)39-36-22-8-4-19(5-9-22)20-6-10-23(11-7-20)37-40-31-26(56(48,49)50)16-21-17-27(57(51,52)53)32(33(43)28(21)29(31)35)41-38-24-12-14-25(15-13-24)55(45,46)47;;;/h4-17,30,43H,3,35H2,1-2H3,(H,45,46,47)(H,48,49,50)(H,51,52,53);;;/q;3*+1/p-3. The summed E-state index contributed by atoms with van der Waals surface area (Å²) in [5.41, 5.74) is 5.37. The molecule has 0 aromatic heterocycles. The number of nitrogens with two attached hydrogens (primary N) is 1. The molecule has 0 aliphatic carbocycles. The van der Waals surface area contributed by atoms with Crippen molar-refractivity contribution in [1.29, 1.82) is 0 Å². The number of carbonyl (C=O) groups excluding carboxylic acids is 2. The van der Waals surface area contributed by atoms with Crippen LogP contribution in [0.5, 0.6) is 5.75 Å². The molecule has 5 aromatic carbocycles. The Hall–Kier alpha value is -3.37. The van der Waals surface area contributed by atoms with Crippen molar-refractivity contribution in [2.45, 2.75) is 34.6 Å². The number of rotatable bonds is 13. The van der Waals surface area contributed by atoms with Crippen LogP contribution in [0.15, 0.2) is 130 Å². The summed E-state index contributed by atoms with van der Waals surface area (Å²) in [4.78, 5) is 20.9. The third-order valence-electron chi connectivity index (χ3n) is 7.75. The quantitative estimate of drug-likeness (QED) is 0.0292. The van der Waals surface area contributed by atoms with E-state index < -0.39 is 96.4 Å². The smallest absolute Gasteiger partial charge is 0.870 e. The van der Waals surface area contributed by atoms with Crippen molar-refractivity contribution in [1.82, 2.24) is 0 Å². The number of hydrogen-bond acceptors (Lipinski definition) is 19. The van der Waals surface area contributed by atoms with E-state index >= 15 is 0 Å². The number of Topliss-reactive ketones (excluding diaryl/α,β-unsaturated/α-hetero) is 1. The van der Waals surface area contributed by atoms with E-state index in [2.05, 4.69) is 30.7 Å². The van der Waals surface area contributed by atoms with E-state index in [1.165, 1.54) is 19.1 Å². The number of ether oxygens (including phenoxy) is 1. The van der Waals surface area contributed by atoms with Crippen molar-refractivity contribution >= 4 is 87.0 Å². The van der Waals surface area contributed by atoms with Gasteiger partial charge in [0, 0.05) is 5.39 Å². The number of fused-ring (bicyclic) bond motifs is 1. The van der Waals surface area contributed by atoms with Gasteiger partial charge in [0.05, 0.1) is 44.8 Å². The maximum absolute atomic E-state index is 13.7. The van der Waals surface area contributed by atoms with Crippen LogP contribution in [0.2, 0.25) is 0 Å². The summed E-state index contributed by atoms with van der Waals surface area (Å²) in [5.74, 6) is -2.65. The molecule has 0 heterocycles. The zero-order valence-electron chi connectivity index (χ0n) is 32.2. The van der Waals surface area contributed by atoms with Crippen LogP contribution in [0.25, 0.3) is 21.9 Å². The van der Waals surface area contributed by atoms with Gasteiger partial charge in [0.15, 0.2) is 5.78 Å². The van der Waals surface area contributed by atoms with Gasteiger partial charge in [-0.2, -0.15) is 28.9 Å². The topological polar surface area (TPSA) is 335 Å². The van der Waals surface area contributed by atoms with Gasteiger partial charge in [-0.1, -0.05) is 30.0 Å². The number of nitrogen functional groups attached to an aromatic ring is 1. The van der Waals surface area contributed by atoms with Crippen LogP contribution < -0.4 is 99.5 Å². The van der Waals surface area contributed by atoms with Crippen molar-refractivity contribution in [3.63, 3.8) is 0 Å². The molecular formula is C34H26N7Na3O13S3. The van der Waals surface area contributed by atoms with Gasteiger partial charge < -0.3 is 24.7 Å². The van der Waals surface area contributed by atoms with Crippen LogP contribution in [0.4, 0.5) is 34.1 Å². The zero-order valence-corrected chi connectivity index (χ0v) is 40.6. The van der Waals surface area contributed by atoms with Crippen molar-refractivity contribution < 1.29 is 147 Å². The molecule has 0 bridgehead atoms. The number of carbonyl (C=O) groups is 2. The maximum Gasteiger partial charge on any atom is 1.00 e. The predicted molar refractivity (Wildman–Crippen MR) is 196 cm³/mol. The van der Waals surface area contributed by atoms with E-state index in [4.69, 9.17) is 10.5 Å². The molecule has 3 N–H and O–H groups in total. The fourth-order valence-corrected chi connectivity index (χ4v) is 6.84. The van der Waals surface area contributed by atoms with Crippen molar-refractivity contribution in [3.8, 4) is 16.9 Å². The first-order valence-electron chi connectivity index (χ1n) is 15.9. The van der Waals surface area contributed by atoms with E-state index in [0.717, 1.165) is 24.3 Å². The molecule has 5 aromatic rings. The summed E-state index contributed by atoms with van der Waals surface area (Å²) in [6, 6.07) is 16.4. The second-order valence-corrected chi connectivity index (χ2v) is 15.8. The molecule has 0 fully saturated rings. The largest absolute Gasteiger partial charge is 1.00 e. The number of ketones is 1. The molecule has 60 heavy (non-hydrogen) atoms. The van der Waals surface area contributed by atoms with Gasteiger partial charge in [-0.25, -0.2) is 21.6 Å². The summed E-state index contributed by atoms with van der Waals surface area (Å²) >= 11 is 0. The van der Waals surface area contributed by atoms with Crippen LogP contribution in [0.1, 0.15) is 13.8 Å². The average molecular weight is 906 g/mol. The summed E-state index contributed by atoms with van der Waals surface area (Å²) in [6.45, 7) is 2.85. The van der Waals surface area contributed by atoms with E-state index in [-0.39, 0.29) is 107 Å². The minimum absolute atomic E-state index is 0. The van der Waals surface area contributed by atoms with Crippen LogP contribution in [0, 0.1) is 0 Å². The van der Waals surface area contributed by atoms with Crippen LogP contribution in [0.3, 0.4) is 0 Å². The molecular weight excluding hydrogens is 880 g/mol. The summed E-state index contributed by atoms with van der Waals surface area (Å²) in [7, 11) is -15.5. The first-order chi connectivity index (χ1) is 26.7. The first-order valence-corrected chi connectivity index (χ1v) is 20.2. The second-order valence-electron chi connectivity index (χ2n) is 11.6. The monoisotopic (exact) mass is 905 g/mol. The molecule has 5 rings (SSSR count). The van der Waals surface area contributed by atoms with Crippen LogP contribution >= 0.6 is 0 Å². The molecule has 1 unspecified atom stereocenters. The molecule has 0 aliphatic heterocycles. The SMILES string of the molecule is CCOC(=O)C(N=Nc1ccc(-c2ccc(N=Nc3c(S(=O)(=O)[O-])cc4cc(S(=O)(=O)O)c(N=Nc5ccc(S(=O)(=O)[O-])cc5)c([O-])c4c3N)cc2)cc1)C(C)=O.[Na+].[Na+].[Na+]. The minimum atomic E-state index is -5.41. The Kier molecular flexibility index (Phi) is 19.0. The molecule has 26 heteroatoms. The number of esters is 1. The minimum Gasteiger partial charge on any atom is -0.870 e. The Balaban J connectivity index is 0.00000413. The van der Waals surface area contributed by atoms with Crippen molar-refractivity contribution in [3.05, 3.63) is 84.9 Å². The fourth-order valence-electron chi connectivity index (χ4n) is 5.06. The maximum atomic E-state index is 13.7. The molecule has 296 valence electrons. The summed E-state index contributed by atoms with van der Waals surface area (Å²) < 4.78 is 110. The van der Waals surface area contributed by atoms with E-state index in [1.807, 2.05) is 0 Å². The summed E-state index contributed by atoms with van der Waals surface area (Å²) in [5, 5.41) is 35.4. The number of nitrogens with zero attached hydrogens (tertiary/aromatic N) is 6. The molecule has 0 aliphatic rings. The molecule has 0 radical (unpaired) electrons. The normalized spacial score (nSPS) is 12.5. The molecule has 0 saturated carbocycles. The Morgan fingerprint density at radius 3 is 1.58 bits per heavy atom.